The lowest BCUT2D eigenvalue weighted by Crippen LogP contribution is -2.10. The van der Waals surface area contributed by atoms with Crippen molar-refractivity contribution in [2.45, 2.75) is 19.4 Å². The Morgan fingerprint density at radius 1 is 1.11 bits per heavy atom. The average molecular weight is 263 g/mol. The second-order valence-corrected chi connectivity index (χ2v) is 4.32. The highest BCUT2D eigenvalue weighted by Crippen LogP contribution is 2.25. The molecule has 2 aromatic carbocycles. The van der Waals surface area contributed by atoms with Crippen molar-refractivity contribution in [2.24, 2.45) is 0 Å². The van der Waals surface area contributed by atoms with E-state index in [0.717, 1.165) is 18.1 Å². The van der Waals surface area contributed by atoms with Crippen LogP contribution in [0.15, 0.2) is 42.5 Å². The molecule has 0 amide bonds. The third-order valence-electron chi connectivity index (χ3n) is 2.96. The first-order valence-electron chi connectivity index (χ1n) is 6.10. The van der Waals surface area contributed by atoms with Crippen molar-refractivity contribution in [3.05, 3.63) is 59.7 Å². The van der Waals surface area contributed by atoms with Crippen LogP contribution in [0.4, 0.5) is 14.5 Å². The molecule has 0 aliphatic carbocycles. The molecule has 0 aromatic heterocycles. The van der Waals surface area contributed by atoms with Gasteiger partial charge in [0.2, 0.25) is 0 Å². The molecular formula is C15H15F2NO. The van der Waals surface area contributed by atoms with Crippen molar-refractivity contribution >= 4 is 5.69 Å². The van der Waals surface area contributed by atoms with Gasteiger partial charge in [-0.3, -0.25) is 0 Å². The Hall–Kier alpha value is -2.10. The fourth-order valence-electron chi connectivity index (χ4n) is 1.92. The summed E-state index contributed by atoms with van der Waals surface area (Å²) in [5.74, 6) is -1.02. The fraction of sp³-hybridized carbons (Fsp3) is 0.200. The zero-order chi connectivity index (χ0) is 13.8. The highest BCUT2D eigenvalue weighted by molar-refractivity contribution is 5.47. The molecule has 2 aromatic rings. The van der Waals surface area contributed by atoms with E-state index < -0.39 is 11.6 Å². The molecule has 2 rings (SSSR count). The molecule has 19 heavy (non-hydrogen) atoms. The van der Waals surface area contributed by atoms with E-state index in [1.165, 1.54) is 12.1 Å². The molecule has 0 aliphatic rings. The maximum Gasteiger partial charge on any atom is 0.149 e. The molecule has 0 fully saturated rings. The van der Waals surface area contributed by atoms with Gasteiger partial charge in [-0.1, -0.05) is 19.1 Å². The summed E-state index contributed by atoms with van der Waals surface area (Å²) < 4.78 is 26.4. The zero-order valence-corrected chi connectivity index (χ0v) is 10.5. The summed E-state index contributed by atoms with van der Waals surface area (Å²) in [5, 5.41) is 12.3. The summed E-state index contributed by atoms with van der Waals surface area (Å²) in [6.07, 6.45) is 0.738. The highest BCUT2D eigenvalue weighted by Gasteiger charge is 2.12. The SMILES string of the molecule is CCC(Nc1ccc(F)cc1F)c1ccc(O)cc1. The third kappa shape index (κ3) is 3.22. The zero-order valence-electron chi connectivity index (χ0n) is 10.5. The van der Waals surface area contributed by atoms with E-state index in [2.05, 4.69) is 5.32 Å². The highest BCUT2D eigenvalue weighted by atomic mass is 19.1. The van der Waals surface area contributed by atoms with Gasteiger partial charge >= 0.3 is 0 Å². The quantitative estimate of drug-likeness (QED) is 0.865. The van der Waals surface area contributed by atoms with E-state index in [9.17, 15) is 13.9 Å². The Morgan fingerprint density at radius 2 is 1.79 bits per heavy atom. The predicted octanol–water partition coefficient (Wildman–Crippen LogP) is 4.23. The number of hydrogen-bond donors (Lipinski definition) is 2. The second kappa shape index (κ2) is 5.69. The van der Waals surface area contributed by atoms with Crippen LogP contribution in [0.1, 0.15) is 24.9 Å². The summed E-state index contributed by atoms with van der Waals surface area (Å²) in [5.41, 5.74) is 1.20. The minimum Gasteiger partial charge on any atom is -0.508 e. The van der Waals surface area contributed by atoms with E-state index in [0.29, 0.717) is 0 Å². The Bertz CT molecular complexity index is 555. The predicted molar refractivity (Wildman–Crippen MR) is 71.1 cm³/mol. The van der Waals surface area contributed by atoms with Crippen molar-refractivity contribution in [1.82, 2.24) is 0 Å². The van der Waals surface area contributed by atoms with Crippen LogP contribution in [-0.4, -0.2) is 5.11 Å². The van der Waals surface area contributed by atoms with Crippen LogP contribution in [-0.2, 0) is 0 Å². The fourth-order valence-corrected chi connectivity index (χ4v) is 1.92. The molecule has 0 saturated carbocycles. The van der Waals surface area contributed by atoms with Crippen molar-refractivity contribution in [2.75, 3.05) is 5.32 Å². The molecular weight excluding hydrogens is 248 g/mol. The lowest BCUT2D eigenvalue weighted by Gasteiger charge is -2.19. The normalized spacial score (nSPS) is 12.2. The van der Waals surface area contributed by atoms with E-state index in [4.69, 9.17) is 0 Å². The Morgan fingerprint density at radius 3 is 2.37 bits per heavy atom. The van der Waals surface area contributed by atoms with Gasteiger partial charge in [-0.25, -0.2) is 8.78 Å². The van der Waals surface area contributed by atoms with Gasteiger partial charge in [0.25, 0.3) is 0 Å². The molecule has 0 radical (unpaired) electrons. The molecule has 1 atom stereocenters. The molecule has 4 heteroatoms. The van der Waals surface area contributed by atoms with Crippen molar-refractivity contribution < 1.29 is 13.9 Å². The van der Waals surface area contributed by atoms with E-state index in [1.54, 1.807) is 24.3 Å². The lowest BCUT2D eigenvalue weighted by molar-refractivity contribution is 0.475. The molecule has 0 aliphatic heterocycles. The monoisotopic (exact) mass is 263 g/mol. The number of anilines is 1. The molecule has 1 unspecified atom stereocenters. The van der Waals surface area contributed by atoms with Crippen LogP contribution >= 0.6 is 0 Å². The average Bonchev–Trinajstić information content (AvgIpc) is 2.39. The maximum absolute atomic E-state index is 13.6. The molecule has 2 nitrogen and oxygen atoms in total. The molecule has 2 N–H and O–H groups in total. The molecule has 0 spiro atoms. The van der Waals surface area contributed by atoms with Crippen LogP contribution < -0.4 is 5.32 Å². The first-order valence-corrected chi connectivity index (χ1v) is 6.10. The summed E-state index contributed by atoms with van der Waals surface area (Å²) in [4.78, 5) is 0. The second-order valence-electron chi connectivity index (χ2n) is 4.32. The van der Waals surface area contributed by atoms with Crippen molar-refractivity contribution in [3.8, 4) is 5.75 Å². The van der Waals surface area contributed by atoms with Crippen LogP contribution in [0.25, 0.3) is 0 Å². The summed E-state index contributed by atoms with van der Waals surface area (Å²) >= 11 is 0. The van der Waals surface area contributed by atoms with Gasteiger partial charge < -0.3 is 10.4 Å². The summed E-state index contributed by atoms with van der Waals surface area (Å²) in [7, 11) is 0. The Kier molecular flexibility index (Phi) is 4.00. The largest absolute Gasteiger partial charge is 0.508 e. The summed E-state index contributed by atoms with van der Waals surface area (Å²) in [6, 6.07) is 10.1. The number of benzene rings is 2. The number of phenols is 1. The topological polar surface area (TPSA) is 32.3 Å². The minimum absolute atomic E-state index is 0.0967. The van der Waals surface area contributed by atoms with Gasteiger partial charge in [-0.05, 0) is 36.2 Å². The Balaban J connectivity index is 2.21. The number of nitrogens with one attached hydrogen (secondary N) is 1. The van der Waals surface area contributed by atoms with Crippen LogP contribution in [0, 0.1) is 11.6 Å². The van der Waals surface area contributed by atoms with Crippen molar-refractivity contribution in [1.29, 1.82) is 0 Å². The number of hydrogen-bond acceptors (Lipinski definition) is 2. The van der Waals surface area contributed by atoms with Gasteiger partial charge in [0, 0.05) is 6.07 Å². The minimum atomic E-state index is -0.614. The van der Waals surface area contributed by atoms with E-state index in [1.807, 2.05) is 6.92 Å². The standard InChI is InChI=1S/C15H15F2NO/c1-2-14(10-3-6-12(19)7-4-10)18-15-8-5-11(16)9-13(15)17/h3-9,14,18-19H,2H2,1H3. The number of rotatable bonds is 4. The van der Waals surface area contributed by atoms with Gasteiger partial charge in [0.05, 0.1) is 11.7 Å². The first kappa shape index (κ1) is 13.3. The number of halogens is 2. The van der Waals surface area contributed by atoms with Crippen LogP contribution in [0.3, 0.4) is 0 Å². The van der Waals surface area contributed by atoms with Crippen LogP contribution in [0.5, 0.6) is 5.75 Å². The number of phenolic OH excluding ortho intramolecular Hbond substituents is 1. The van der Waals surface area contributed by atoms with Gasteiger partial charge in [-0.15, -0.1) is 0 Å². The Labute approximate surface area is 110 Å². The molecule has 0 saturated heterocycles. The van der Waals surface area contributed by atoms with Crippen molar-refractivity contribution in [3.63, 3.8) is 0 Å². The van der Waals surface area contributed by atoms with E-state index in [-0.39, 0.29) is 17.5 Å². The smallest absolute Gasteiger partial charge is 0.149 e. The van der Waals surface area contributed by atoms with E-state index >= 15 is 0 Å². The third-order valence-corrected chi connectivity index (χ3v) is 2.96. The molecule has 0 heterocycles. The molecule has 100 valence electrons. The van der Waals surface area contributed by atoms with Gasteiger partial charge in [-0.2, -0.15) is 0 Å². The van der Waals surface area contributed by atoms with Gasteiger partial charge in [0.1, 0.15) is 17.4 Å². The van der Waals surface area contributed by atoms with Crippen LogP contribution in [0.2, 0.25) is 0 Å². The maximum atomic E-state index is 13.6. The number of aromatic hydroxyl groups is 1. The molecule has 0 bridgehead atoms. The first-order chi connectivity index (χ1) is 9.10. The lowest BCUT2D eigenvalue weighted by atomic mass is 10.0. The van der Waals surface area contributed by atoms with Gasteiger partial charge in [0.15, 0.2) is 0 Å². The summed E-state index contributed by atoms with van der Waals surface area (Å²) in [6.45, 7) is 1.96.